The van der Waals surface area contributed by atoms with E-state index in [-0.39, 0.29) is 17.3 Å². The van der Waals surface area contributed by atoms with Crippen molar-refractivity contribution in [3.63, 3.8) is 0 Å². The summed E-state index contributed by atoms with van der Waals surface area (Å²) in [6, 6.07) is 6.59. The Morgan fingerprint density at radius 3 is 2.83 bits per heavy atom. The van der Waals surface area contributed by atoms with Crippen molar-refractivity contribution in [1.29, 1.82) is 0 Å². The first-order chi connectivity index (χ1) is 11.4. The second-order valence-corrected chi connectivity index (χ2v) is 6.46. The molecule has 6 nitrogen and oxygen atoms in total. The Kier molecular flexibility index (Phi) is 4.47. The van der Waals surface area contributed by atoms with Crippen LogP contribution >= 0.6 is 27.5 Å². The molecule has 0 bridgehead atoms. The van der Waals surface area contributed by atoms with E-state index in [1.807, 2.05) is 6.07 Å². The van der Waals surface area contributed by atoms with Crippen LogP contribution in [0, 0.1) is 6.92 Å². The van der Waals surface area contributed by atoms with Crippen molar-refractivity contribution >= 4 is 44.5 Å². The van der Waals surface area contributed by atoms with Crippen LogP contribution in [0.1, 0.15) is 21.6 Å². The van der Waals surface area contributed by atoms with Gasteiger partial charge in [-0.3, -0.25) is 4.68 Å². The van der Waals surface area contributed by atoms with E-state index in [9.17, 15) is 9.59 Å². The van der Waals surface area contributed by atoms with Crippen LogP contribution in [0.25, 0.3) is 11.0 Å². The van der Waals surface area contributed by atoms with Gasteiger partial charge >= 0.3 is 11.6 Å². The summed E-state index contributed by atoms with van der Waals surface area (Å²) < 4.78 is 12.7. The van der Waals surface area contributed by atoms with Gasteiger partial charge in [0.2, 0.25) is 0 Å². The van der Waals surface area contributed by atoms with Gasteiger partial charge in [-0.15, -0.1) is 0 Å². The third kappa shape index (κ3) is 3.09. The van der Waals surface area contributed by atoms with Crippen LogP contribution in [0.4, 0.5) is 0 Å². The van der Waals surface area contributed by atoms with Gasteiger partial charge < -0.3 is 9.15 Å². The van der Waals surface area contributed by atoms with Gasteiger partial charge in [0.1, 0.15) is 22.9 Å². The Balaban J connectivity index is 1.91. The lowest BCUT2D eigenvalue weighted by Crippen LogP contribution is -2.09. The number of carbonyl (C=O) groups is 1. The highest BCUT2D eigenvalue weighted by Gasteiger charge is 2.20. The Hall–Kier alpha value is -2.12. The molecule has 24 heavy (non-hydrogen) atoms. The molecular formula is C16H12BrClN2O4. The van der Waals surface area contributed by atoms with Crippen LogP contribution in [0.3, 0.4) is 0 Å². The number of aromatic nitrogens is 2. The molecule has 0 amide bonds. The lowest BCUT2D eigenvalue weighted by atomic mass is 10.1. The quantitative estimate of drug-likeness (QED) is 0.486. The molecule has 0 aliphatic rings. The van der Waals surface area contributed by atoms with Gasteiger partial charge in [-0.2, -0.15) is 5.10 Å². The molecule has 0 saturated heterocycles. The van der Waals surface area contributed by atoms with Crippen LogP contribution in [-0.4, -0.2) is 15.7 Å². The fourth-order valence-electron chi connectivity index (χ4n) is 2.40. The highest BCUT2D eigenvalue weighted by molar-refractivity contribution is 9.10. The van der Waals surface area contributed by atoms with Gasteiger partial charge in [-0.05, 0) is 25.1 Å². The number of aryl methyl sites for hydroxylation is 2. The number of fused-ring (bicyclic) bond motifs is 1. The molecule has 0 aliphatic heterocycles. The molecule has 0 radical (unpaired) electrons. The minimum atomic E-state index is -0.593. The van der Waals surface area contributed by atoms with E-state index >= 15 is 0 Å². The fourth-order valence-corrected chi connectivity index (χ4v) is 2.99. The fraction of sp³-hybridized carbons (Fsp3) is 0.188. The summed E-state index contributed by atoms with van der Waals surface area (Å²) >= 11 is 9.38. The average Bonchev–Trinajstić information content (AvgIpc) is 2.76. The highest BCUT2D eigenvalue weighted by Crippen LogP contribution is 2.24. The number of carbonyl (C=O) groups excluding carboxylic acids is 1. The standard InChI is InChI=1S/C16H12BrClN2O4/c1-8-14(15(18)20(2)19-8)16(22)23-7-9-5-13(21)24-12-6-10(17)3-4-11(9)12/h3-6H,7H2,1-2H3. The largest absolute Gasteiger partial charge is 0.457 e. The van der Waals surface area contributed by atoms with Gasteiger partial charge in [0, 0.05) is 28.5 Å². The normalized spacial score (nSPS) is 11.0. The molecule has 0 atom stereocenters. The Morgan fingerprint density at radius 2 is 2.17 bits per heavy atom. The van der Waals surface area contributed by atoms with Crippen LogP contribution in [0.2, 0.25) is 5.15 Å². The molecule has 2 aromatic heterocycles. The summed E-state index contributed by atoms with van der Waals surface area (Å²) in [5.74, 6) is -0.593. The van der Waals surface area contributed by atoms with Gasteiger partial charge in [0.25, 0.3) is 0 Å². The topological polar surface area (TPSA) is 74.3 Å². The SMILES string of the molecule is Cc1nn(C)c(Cl)c1C(=O)OCc1cc(=O)oc2cc(Br)ccc12. The van der Waals surface area contributed by atoms with Gasteiger partial charge in [0.05, 0.1) is 5.69 Å². The number of esters is 1. The molecule has 1 aromatic carbocycles. The van der Waals surface area contributed by atoms with Crippen LogP contribution in [-0.2, 0) is 18.4 Å². The lowest BCUT2D eigenvalue weighted by molar-refractivity contribution is 0.0473. The molecule has 0 aliphatic carbocycles. The zero-order valence-electron chi connectivity index (χ0n) is 12.8. The maximum absolute atomic E-state index is 12.3. The summed E-state index contributed by atoms with van der Waals surface area (Å²) in [6.45, 7) is 1.60. The minimum Gasteiger partial charge on any atom is -0.457 e. The number of hydrogen-bond acceptors (Lipinski definition) is 5. The zero-order chi connectivity index (χ0) is 17.4. The Bertz CT molecular complexity index is 1010. The second-order valence-electron chi connectivity index (χ2n) is 5.18. The first-order valence-corrected chi connectivity index (χ1v) is 8.12. The minimum absolute atomic E-state index is 0.0762. The van der Waals surface area contributed by atoms with Crippen LogP contribution in [0.15, 0.2) is 37.9 Å². The summed E-state index contributed by atoms with van der Waals surface area (Å²) in [7, 11) is 1.64. The van der Waals surface area contributed by atoms with Crippen molar-refractivity contribution in [3.05, 3.63) is 61.1 Å². The number of benzene rings is 1. The summed E-state index contributed by atoms with van der Waals surface area (Å²) in [5, 5.41) is 4.98. The van der Waals surface area contributed by atoms with Gasteiger partial charge in [-0.25, -0.2) is 9.59 Å². The zero-order valence-corrected chi connectivity index (χ0v) is 15.1. The Labute approximate surface area is 150 Å². The van der Waals surface area contributed by atoms with Gasteiger partial charge in [0.15, 0.2) is 0 Å². The van der Waals surface area contributed by atoms with Crippen LogP contribution in [0.5, 0.6) is 0 Å². The smallest absolute Gasteiger partial charge is 0.343 e. The van der Waals surface area contributed by atoms with E-state index in [0.717, 1.165) is 4.47 Å². The number of rotatable bonds is 3. The third-order valence-corrected chi connectivity index (χ3v) is 4.43. The van der Waals surface area contributed by atoms with E-state index in [4.69, 9.17) is 20.8 Å². The maximum atomic E-state index is 12.3. The summed E-state index contributed by atoms with van der Waals surface area (Å²) in [5.41, 5.74) is 1.16. The van der Waals surface area contributed by atoms with Crippen molar-refractivity contribution in [3.8, 4) is 0 Å². The van der Waals surface area contributed by atoms with Gasteiger partial charge in [-0.1, -0.05) is 27.5 Å². The van der Waals surface area contributed by atoms with E-state index in [2.05, 4.69) is 21.0 Å². The first kappa shape index (κ1) is 16.7. The number of ether oxygens (including phenoxy) is 1. The second kappa shape index (κ2) is 6.41. The van der Waals surface area contributed by atoms with Crippen molar-refractivity contribution in [2.75, 3.05) is 0 Å². The summed E-state index contributed by atoms with van der Waals surface area (Å²) in [6.07, 6.45) is 0. The molecule has 0 unspecified atom stereocenters. The first-order valence-electron chi connectivity index (χ1n) is 6.95. The van der Waals surface area contributed by atoms with E-state index in [1.165, 1.54) is 10.7 Å². The molecule has 124 valence electrons. The highest BCUT2D eigenvalue weighted by atomic mass is 79.9. The number of halogens is 2. The predicted molar refractivity (Wildman–Crippen MR) is 92.3 cm³/mol. The number of nitrogens with zero attached hydrogens (tertiary/aromatic N) is 2. The lowest BCUT2D eigenvalue weighted by Gasteiger charge is -2.07. The molecule has 8 heteroatoms. The van der Waals surface area contributed by atoms with E-state index < -0.39 is 11.6 Å². The number of hydrogen-bond donors (Lipinski definition) is 0. The monoisotopic (exact) mass is 410 g/mol. The molecule has 0 saturated carbocycles. The summed E-state index contributed by atoms with van der Waals surface area (Å²) in [4.78, 5) is 24.0. The molecule has 3 rings (SSSR count). The third-order valence-electron chi connectivity index (χ3n) is 3.51. The molecular weight excluding hydrogens is 400 g/mol. The molecule has 3 aromatic rings. The predicted octanol–water partition coefficient (Wildman–Crippen LogP) is 3.61. The van der Waals surface area contributed by atoms with Crippen LogP contribution < -0.4 is 5.63 Å². The van der Waals surface area contributed by atoms with E-state index in [1.54, 1.807) is 26.1 Å². The van der Waals surface area contributed by atoms with E-state index in [0.29, 0.717) is 22.2 Å². The average molecular weight is 412 g/mol. The molecule has 0 fully saturated rings. The van der Waals surface area contributed by atoms with Crippen molar-refractivity contribution in [2.45, 2.75) is 13.5 Å². The maximum Gasteiger partial charge on any atom is 0.343 e. The van der Waals surface area contributed by atoms with Crippen molar-refractivity contribution < 1.29 is 13.9 Å². The molecule has 2 heterocycles. The Morgan fingerprint density at radius 1 is 1.42 bits per heavy atom. The molecule has 0 N–H and O–H groups in total. The van der Waals surface area contributed by atoms with Crippen molar-refractivity contribution in [1.82, 2.24) is 9.78 Å². The molecule has 0 spiro atoms. The van der Waals surface area contributed by atoms with Crippen molar-refractivity contribution in [2.24, 2.45) is 7.05 Å².